The van der Waals surface area contributed by atoms with Crippen LogP contribution in [0.2, 0.25) is 0 Å². The molecule has 2 heterocycles. The first-order valence-electron chi connectivity index (χ1n) is 11.4. The summed E-state index contributed by atoms with van der Waals surface area (Å²) < 4.78 is 0. The van der Waals surface area contributed by atoms with Crippen LogP contribution in [0.15, 0.2) is 65.7 Å². The number of anilines is 1. The molecule has 8 heteroatoms. The maximum atomic E-state index is 13.1. The van der Waals surface area contributed by atoms with Gasteiger partial charge in [-0.05, 0) is 66.6 Å². The van der Waals surface area contributed by atoms with Crippen molar-refractivity contribution in [2.24, 2.45) is 5.73 Å². The fraction of sp³-hybridized carbons (Fsp3) is 0.222. The van der Waals surface area contributed by atoms with E-state index in [1.165, 1.54) is 41.6 Å². The predicted molar refractivity (Wildman–Crippen MR) is 132 cm³/mol. The van der Waals surface area contributed by atoms with Crippen LogP contribution in [-0.4, -0.2) is 28.0 Å². The molecule has 0 radical (unpaired) electrons. The van der Waals surface area contributed by atoms with Gasteiger partial charge in [0, 0.05) is 17.7 Å². The lowest BCUT2D eigenvalue weighted by Gasteiger charge is -2.25. The predicted octanol–water partition coefficient (Wildman–Crippen LogP) is 3.75. The van der Waals surface area contributed by atoms with Gasteiger partial charge in [-0.1, -0.05) is 42.1 Å². The van der Waals surface area contributed by atoms with E-state index in [0.717, 1.165) is 35.4 Å². The number of benzene rings is 2. The molecule has 0 spiro atoms. The van der Waals surface area contributed by atoms with E-state index in [1.54, 1.807) is 0 Å². The van der Waals surface area contributed by atoms with E-state index in [1.807, 2.05) is 24.3 Å². The number of aromatic nitrogens is 1. The fourth-order valence-corrected chi connectivity index (χ4v) is 5.80. The van der Waals surface area contributed by atoms with Gasteiger partial charge in [0.05, 0.1) is 16.5 Å². The Morgan fingerprint density at radius 1 is 1.09 bits per heavy atom. The maximum Gasteiger partial charge on any atom is 0.248 e. The molecule has 1 aliphatic heterocycles. The second-order valence-corrected chi connectivity index (χ2v) is 9.89. The molecule has 7 nitrogen and oxygen atoms in total. The molecule has 0 bridgehead atoms. The minimum atomic E-state index is -0.670. The van der Waals surface area contributed by atoms with Crippen LogP contribution in [0.1, 0.15) is 51.5 Å². The van der Waals surface area contributed by atoms with E-state index in [9.17, 15) is 19.6 Å². The molecule has 5 rings (SSSR count). The first-order chi connectivity index (χ1) is 16.9. The van der Waals surface area contributed by atoms with Gasteiger partial charge in [-0.25, -0.2) is 9.88 Å². The Morgan fingerprint density at radius 3 is 2.51 bits per heavy atom. The highest BCUT2D eigenvalue weighted by atomic mass is 32.2. The summed E-state index contributed by atoms with van der Waals surface area (Å²) in [6.07, 6.45) is 2.60. The molecule has 2 aliphatic rings. The van der Waals surface area contributed by atoms with Crippen LogP contribution >= 0.6 is 11.8 Å². The average molecular weight is 483 g/mol. The van der Waals surface area contributed by atoms with Gasteiger partial charge in [0.2, 0.25) is 17.7 Å². The van der Waals surface area contributed by atoms with Crippen LogP contribution in [0.4, 0.5) is 5.69 Å². The minimum absolute atomic E-state index is 0.0147. The molecule has 2 N–H and O–H groups in total. The van der Waals surface area contributed by atoms with Crippen LogP contribution in [0, 0.1) is 11.3 Å². The first-order valence-corrected chi connectivity index (χ1v) is 12.2. The molecule has 2 unspecified atom stereocenters. The second-order valence-electron chi connectivity index (χ2n) is 8.70. The zero-order valence-corrected chi connectivity index (χ0v) is 19.6. The zero-order chi connectivity index (χ0) is 24.5. The molecule has 35 heavy (non-hydrogen) atoms. The van der Waals surface area contributed by atoms with Gasteiger partial charge < -0.3 is 5.73 Å². The van der Waals surface area contributed by atoms with E-state index in [4.69, 9.17) is 10.7 Å². The lowest BCUT2D eigenvalue weighted by molar-refractivity contribution is -0.121. The smallest absolute Gasteiger partial charge is 0.248 e. The maximum absolute atomic E-state index is 13.1. The third kappa shape index (κ3) is 4.43. The summed E-state index contributed by atoms with van der Waals surface area (Å²) in [5, 5.41) is 9.61. The number of fused-ring (bicyclic) bond motifs is 1. The van der Waals surface area contributed by atoms with Crippen molar-refractivity contribution in [3.63, 3.8) is 0 Å². The van der Waals surface area contributed by atoms with Gasteiger partial charge in [-0.15, -0.1) is 0 Å². The highest BCUT2D eigenvalue weighted by molar-refractivity contribution is 8.00. The van der Waals surface area contributed by atoms with Crippen molar-refractivity contribution < 1.29 is 14.4 Å². The Balaban J connectivity index is 1.36. The number of pyridine rings is 1. The van der Waals surface area contributed by atoms with Crippen LogP contribution in [-0.2, 0) is 22.4 Å². The number of rotatable bonds is 5. The Labute approximate surface area is 207 Å². The number of carbonyl (C=O) groups excluding carboxylic acids is 3. The highest BCUT2D eigenvalue weighted by Crippen LogP contribution is 2.38. The number of hydrogen-bond donors (Lipinski definition) is 1. The van der Waals surface area contributed by atoms with Gasteiger partial charge in [0.15, 0.2) is 0 Å². The molecular formula is C27H22N4O3S. The SMILES string of the molecule is N#Cc1cc2c(nc1SC1CC(=O)N(c3ccc(C(N)=O)cc3)C1=O)CCC(c1ccccc1)C2. The Morgan fingerprint density at radius 2 is 1.83 bits per heavy atom. The summed E-state index contributed by atoms with van der Waals surface area (Å²) in [7, 11) is 0. The number of amides is 3. The number of nitrogens with two attached hydrogens (primary N) is 1. The van der Waals surface area contributed by atoms with Crippen molar-refractivity contribution in [1.29, 1.82) is 5.26 Å². The number of nitrogens with zero attached hydrogens (tertiary/aromatic N) is 3. The number of thioether (sulfide) groups is 1. The molecule has 1 aliphatic carbocycles. The average Bonchev–Trinajstić information content (AvgIpc) is 3.16. The third-order valence-electron chi connectivity index (χ3n) is 6.51. The van der Waals surface area contributed by atoms with Gasteiger partial charge >= 0.3 is 0 Å². The number of imide groups is 1. The summed E-state index contributed by atoms with van der Waals surface area (Å²) in [6, 6.07) is 20.5. The summed E-state index contributed by atoms with van der Waals surface area (Å²) in [4.78, 5) is 43.0. The molecule has 1 aromatic heterocycles. The van der Waals surface area contributed by atoms with E-state index in [-0.39, 0.29) is 18.2 Å². The van der Waals surface area contributed by atoms with Crippen molar-refractivity contribution in [3.8, 4) is 6.07 Å². The fourth-order valence-electron chi connectivity index (χ4n) is 4.70. The molecule has 3 amide bonds. The molecule has 1 saturated heterocycles. The van der Waals surface area contributed by atoms with Gasteiger partial charge in [0.1, 0.15) is 11.1 Å². The lowest BCUT2D eigenvalue weighted by Crippen LogP contribution is -2.31. The van der Waals surface area contributed by atoms with Crippen molar-refractivity contribution in [2.45, 2.75) is 41.9 Å². The Hall–Kier alpha value is -3.96. The van der Waals surface area contributed by atoms with Crippen LogP contribution in [0.25, 0.3) is 0 Å². The quantitative estimate of drug-likeness (QED) is 0.554. The van der Waals surface area contributed by atoms with E-state index in [0.29, 0.717) is 27.8 Å². The zero-order valence-electron chi connectivity index (χ0n) is 18.8. The second kappa shape index (κ2) is 9.35. The molecule has 0 saturated carbocycles. The van der Waals surface area contributed by atoms with Gasteiger partial charge in [-0.2, -0.15) is 5.26 Å². The summed E-state index contributed by atoms with van der Waals surface area (Å²) in [6.45, 7) is 0. The number of hydrogen-bond acceptors (Lipinski definition) is 6. The number of carbonyl (C=O) groups is 3. The first kappa shape index (κ1) is 22.8. The van der Waals surface area contributed by atoms with E-state index in [2.05, 4.69) is 18.2 Å². The molecule has 2 aromatic carbocycles. The molecule has 2 atom stereocenters. The normalized spacial score (nSPS) is 19.3. The summed E-state index contributed by atoms with van der Waals surface area (Å²) >= 11 is 1.17. The number of nitriles is 1. The highest BCUT2D eigenvalue weighted by Gasteiger charge is 2.41. The monoisotopic (exact) mass is 482 g/mol. The van der Waals surface area contributed by atoms with Crippen molar-refractivity contribution >= 4 is 35.2 Å². The van der Waals surface area contributed by atoms with Gasteiger partial charge in [-0.3, -0.25) is 14.4 Å². The Bertz CT molecular complexity index is 1370. The van der Waals surface area contributed by atoms with Crippen molar-refractivity contribution in [1.82, 2.24) is 4.98 Å². The summed E-state index contributed by atoms with van der Waals surface area (Å²) in [5.74, 6) is -0.887. The largest absolute Gasteiger partial charge is 0.366 e. The van der Waals surface area contributed by atoms with Crippen LogP contribution in [0.5, 0.6) is 0 Å². The molecule has 1 fully saturated rings. The lowest BCUT2D eigenvalue weighted by atomic mass is 9.82. The molecule has 3 aromatic rings. The van der Waals surface area contributed by atoms with Gasteiger partial charge in [0.25, 0.3) is 0 Å². The number of primary amides is 1. The molecule has 174 valence electrons. The van der Waals surface area contributed by atoms with Crippen LogP contribution < -0.4 is 10.6 Å². The third-order valence-corrected chi connectivity index (χ3v) is 7.70. The van der Waals surface area contributed by atoms with E-state index >= 15 is 0 Å². The van der Waals surface area contributed by atoms with E-state index < -0.39 is 11.2 Å². The van der Waals surface area contributed by atoms with Crippen LogP contribution in [0.3, 0.4) is 0 Å². The van der Waals surface area contributed by atoms with Crippen molar-refractivity contribution in [3.05, 3.63) is 88.6 Å². The molecular weight excluding hydrogens is 460 g/mol. The summed E-state index contributed by atoms with van der Waals surface area (Å²) in [5.41, 5.74) is 9.68. The Kier molecular flexibility index (Phi) is 6.10. The van der Waals surface area contributed by atoms with Crippen molar-refractivity contribution in [2.75, 3.05) is 4.90 Å². The topological polar surface area (TPSA) is 117 Å². The number of aryl methyl sites for hydroxylation is 1. The minimum Gasteiger partial charge on any atom is -0.366 e. The standard InChI is InChI=1S/C27H22N4O3S/c28-15-20-13-19-12-18(16-4-2-1-3-5-16)8-11-22(19)30-26(20)35-23-14-24(32)31(27(23)34)21-9-6-17(7-10-21)25(29)33/h1-7,9-10,13,18,23H,8,11-12,14H2,(H2,29,33).